The van der Waals surface area contributed by atoms with Crippen LogP contribution in [0, 0.1) is 0 Å². The molecular formula is C30H22O6. The van der Waals surface area contributed by atoms with Crippen molar-refractivity contribution in [2.75, 3.05) is 13.2 Å². The second-order valence-electron chi connectivity index (χ2n) is 7.89. The molecule has 0 unspecified atom stereocenters. The highest BCUT2D eigenvalue weighted by molar-refractivity contribution is 6.00. The number of hydrogen-bond donors (Lipinski definition) is 0. The highest BCUT2D eigenvalue weighted by atomic mass is 16.5. The van der Waals surface area contributed by atoms with E-state index in [-0.39, 0.29) is 35.9 Å². The first-order chi connectivity index (χ1) is 17.5. The van der Waals surface area contributed by atoms with Gasteiger partial charge in [0.15, 0.2) is 24.8 Å². The minimum absolute atomic E-state index is 0.273. The third-order valence-electron chi connectivity index (χ3n) is 5.39. The van der Waals surface area contributed by atoms with Crippen LogP contribution in [0.15, 0.2) is 109 Å². The minimum atomic E-state index is -0.629. The summed E-state index contributed by atoms with van der Waals surface area (Å²) >= 11 is 0. The molecular weight excluding hydrogens is 456 g/mol. The summed E-state index contributed by atoms with van der Waals surface area (Å²) in [6, 6.07) is 30.6. The lowest BCUT2D eigenvalue weighted by Gasteiger charge is -2.09. The molecule has 0 N–H and O–H groups in total. The topological polar surface area (TPSA) is 86.7 Å². The predicted octanol–water partition coefficient (Wildman–Crippen LogP) is 5.43. The van der Waals surface area contributed by atoms with Crippen LogP contribution >= 0.6 is 0 Å². The van der Waals surface area contributed by atoms with E-state index in [1.807, 2.05) is 0 Å². The standard InChI is InChI=1S/C30H22O6/c31-27(21-9-3-1-4-10-21)19-35-29(33)25-15-7-13-23(17-25)24-14-8-16-26(18-24)30(34)36-20-28(32)22-11-5-2-6-12-22/h1-18H,19-20H2. The van der Waals surface area contributed by atoms with E-state index in [2.05, 4.69) is 0 Å². The molecule has 0 saturated carbocycles. The minimum Gasteiger partial charge on any atom is -0.454 e. The number of ketones is 2. The van der Waals surface area contributed by atoms with Gasteiger partial charge in [-0.25, -0.2) is 9.59 Å². The van der Waals surface area contributed by atoms with Crippen LogP contribution in [0.3, 0.4) is 0 Å². The van der Waals surface area contributed by atoms with Crippen molar-refractivity contribution >= 4 is 23.5 Å². The van der Waals surface area contributed by atoms with Gasteiger partial charge >= 0.3 is 11.9 Å². The molecule has 36 heavy (non-hydrogen) atoms. The van der Waals surface area contributed by atoms with E-state index in [0.29, 0.717) is 22.3 Å². The van der Waals surface area contributed by atoms with Gasteiger partial charge in [0.2, 0.25) is 0 Å². The molecule has 0 heterocycles. The van der Waals surface area contributed by atoms with Crippen molar-refractivity contribution in [1.29, 1.82) is 0 Å². The molecule has 0 aliphatic carbocycles. The summed E-state index contributed by atoms with van der Waals surface area (Å²) in [4.78, 5) is 49.5. The van der Waals surface area contributed by atoms with E-state index in [0.717, 1.165) is 0 Å². The number of ether oxygens (including phenoxy) is 2. The zero-order chi connectivity index (χ0) is 25.3. The zero-order valence-electron chi connectivity index (χ0n) is 19.3. The molecule has 0 amide bonds. The van der Waals surface area contributed by atoms with Crippen molar-refractivity contribution in [3.05, 3.63) is 131 Å². The molecule has 178 valence electrons. The second kappa shape index (κ2) is 11.5. The highest BCUT2D eigenvalue weighted by Gasteiger charge is 2.15. The molecule has 0 aliphatic heterocycles. The summed E-state index contributed by atoms with van der Waals surface area (Å²) in [6.45, 7) is -0.730. The van der Waals surface area contributed by atoms with Crippen LogP contribution in [0.1, 0.15) is 41.4 Å². The molecule has 0 atom stereocenters. The van der Waals surface area contributed by atoms with Gasteiger partial charge in [0.25, 0.3) is 0 Å². The molecule has 4 aromatic rings. The van der Waals surface area contributed by atoms with E-state index in [1.54, 1.807) is 109 Å². The Hall–Kier alpha value is -4.84. The fraction of sp³-hybridized carbons (Fsp3) is 0.0667. The molecule has 0 aliphatic rings. The normalized spacial score (nSPS) is 10.3. The highest BCUT2D eigenvalue weighted by Crippen LogP contribution is 2.22. The lowest BCUT2D eigenvalue weighted by atomic mass is 10.0. The van der Waals surface area contributed by atoms with Crippen molar-refractivity contribution in [2.24, 2.45) is 0 Å². The number of benzene rings is 4. The third-order valence-corrected chi connectivity index (χ3v) is 5.39. The Labute approximate surface area is 208 Å². The fourth-order valence-corrected chi connectivity index (χ4v) is 3.50. The van der Waals surface area contributed by atoms with Crippen molar-refractivity contribution in [3.8, 4) is 11.1 Å². The first-order valence-electron chi connectivity index (χ1n) is 11.2. The zero-order valence-corrected chi connectivity index (χ0v) is 19.3. The van der Waals surface area contributed by atoms with Gasteiger partial charge < -0.3 is 9.47 Å². The van der Waals surface area contributed by atoms with Gasteiger partial charge in [0.05, 0.1) is 11.1 Å². The molecule has 0 spiro atoms. The monoisotopic (exact) mass is 478 g/mol. The van der Waals surface area contributed by atoms with E-state index in [1.165, 1.54) is 0 Å². The average Bonchev–Trinajstić information content (AvgIpc) is 2.95. The summed E-state index contributed by atoms with van der Waals surface area (Å²) in [7, 11) is 0. The molecule has 0 bridgehead atoms. The number of hydrogen-bond acceptors (Lipinski definition) is 6. The number of esters is 2. The van der Waals surface area contributed by atoms with Crippen molar-refractivity contribution in [2.45, 2.75) is 0 Å². The van der Waals surface area contributed by atoms with Crippen molar-refractivity contribution in [3.63, 3.8) is 0 Å². The number of carbonyl (C=O) groups is 4. The Bertz CT molecular complexity index is 1280. The van der Waals surface area contributed by atoms with Crippen LogP contribution in [0.4, 0.5) is 0 Å². The van der Waals surface area contributed by atoms with Crippen molar-refractivity contribution < 1.29 is 28.7 Å². The Morgan fingerprint density at radius 2 is 0.806 bits per heavy atom. The number of Topliss-reactive ketones (excluding diaryl/α,β-unsaturated/α-hetero) is 2. The van der Waals surface area contributed by atoms with Crippen molar-refractivity contribution in [1.82, 2.24) is 0 Å². The van der Waals surface area contributed by atoms with Gasteiger partial charge in [-0.3, -0.25) is 9.59 Å². The van der Waals surface area contributed by atoms with Gasteiger partial charge in [-0.05, 0) is 35.4 Å². The molecule has 6 heteroatoms. The SMILES string of the molecule is O=C(COC(=O)c1cccc(-c2cccc(C(=O)OCC(=O)c3ccccc3)c2)c1)c1ccccc1. The molecule has 0 saturated heterocycles. The van der Waals surface area contributed by atoms with Crippen LogP contribution in [-0.4, -0.2) is 36.7 Å². The van der Waals surface area contributed by atoms with E-state index in [9.17, 15) is 19.2 Å². The predicted molar refractivity (Wildman–Crippen MR) is 134 cm³/mol. The van der Waals surface area contributed by atoms with E-state index >= 15 is 0 Å². The van der Waals surface area contributed by atoms with Gasteiger partial charge in [-0.1, -0.05) is 84.9 Å². The fourth-order valence-electron chi connectivity index (χ4n) is 3.50. The molecule has 4 aromatic carbocycles. The maximum atomic E-state index is 12.5. The number of rotatable bonds is 9. The van der Waals surface area contributed by atoms with E-state index in [4.69, 9.17) is 9.47 Å². The van der Waals surface area contributed by atoms with Gasteiger partial charge in [-0.2, -0.15) is 0 Å². The van der Waals surface area contributed by atoms with Crippen LogP contribution < -0.4 is 0 Å². The van der Waals surface area contributed by atoms with Crippen LogP contribution in [0.25, 0.3) is 11.1 Å². The van der Waals surface area contributed by atoms with Crippen LogP contribution in [0.5, 0.6) is 0 Å². The Morgan fingerprint density at radius 3 is 1.19 bits per heavy atom. The molecule has 0 aromatic heterocycles. The Morgan fingerprint density at radius 1 is 0.444 bits per heavy atom. The molecule has 0 fully saturated rings. The largest absolute Gasteiger partial charge is 0.454 e. The Kier molecular flexibility index (Phi) is 7.78. The summed E-state index contributed by atoms with van der Waals surface area (Å²) in [5, 5.41) is 0. The van der Waals surface area contributed by atoms with Gasteiger partial charge in [0.1, 0.15) is 0 Å². The lowest BCUT2D eigenvalue weighted by molar-refractivity contribution is 0.0472. The first kappa shape index (κ1) is 24.3. The third kappa shape index (κ3) is 6.18. The lowest BCUT2D eigenvalue weighted by Crippen LogP contribution is -2.14. The summed E-state index contributed by atoms with van der Waals surface area (Å²) in [6.07, 6.45) is 0. The Balaban J connectivity index is 1.40. The maximum absolute atomic E-state index is 12.5. The first-order valence-corrected chi connectivity index (χ1v) is 11.2. The smallest absolute Gasteiger partial charge is 0.338 e. The summed E-state index contributed by atoms with van der Waals surface area (Å²) < 4.78 is 10.4. The number of carbonyl (C=O) groups excluding carboxylic acids is 4. The van der Waals surface area contributed by atoms with Crippen LogP contribution in [0.2, 0.25) is 0 Å². The summed E-state index contributed by atoms with van der Waals surface area (Å²) in [5.41, 5.74) is 2.83. The second-order valence-corrected chi connectivity index (χ2v) is 7.89. The quantitative estimate of drug-likeness (QED) is 0.235. The average molecular weight is 479 g/mol. The van der Waals surface area contributed by atoms with E-state index < -0.39 is 11.9 Å². The molecule has 4 rings (SSSR count). The molecule has 6 nitrogen and oxygen atoms in total. The molecule has 0 radical (unpaired) electrons. The maximum Gasteiger partial charge on any atom is 0.338 e. The van der Waals surface area contributed by atoms with Gasteiger partial charge in [0, 0.05) is 11.1 Å². The summed E-state index contributed by atoms with van der Waals surface area (Å²) in [5.74, 6) is -1.85. The van der Waals surface area contributed by atoms with Gasteiger partial charge in [-0.15, -0.1) is 0 Å². The van der Waals surface area contributed by atoms with Crippen LogP contribution in [-0.2, 0) is 9.47 Å².